The molecular formula is C13H20N2S. The van der Waals surface area contributed by atoms with Crippen molar-refractivity contribution in [3.63, 3.8) is 0 Å². The molecule has 0 aliphatic carbocycles. The summed E-state index contributed by atoms with van der Waals surface area (Å²) in [6.07, 6.45) is 2.39. The fraction of sp³-hybridized carbons (Fsp3) is 0.538. The Bertz CT molecular complexity index is 363. The van der Waals surface area contributed by atoms with Crippen LogP contribution in [0.2, 0.25) is 0 Å². The van der Waals surface area contributed by atoms with Gasteiger partial charge in [-0.25, -0.2) is 4.31 Å². The van der Waals surface area contributed by atoms with Gasteiger partial charge in [-0.2, -0.15) is 0 Å². The zero-order valence-corrected chi connectivity index (χ0v) is 10.9. The second-order valence-electron chi connectivity index (χ2n) is 4.76. The van der Waals surface area contributed by atoms with Gasteiger partial charge in [-0.05, 0) is 35.4 Å². The molecule has 0 radical (unpaired) electrons. The van der Waals surface area contributed by atoms with Crippen LogP contribution in [0, 0.1) is 0 Å². The fourth-order valence-corrected chi connectivity index (χ4v) is 2.65. The minimum atomic E-state index is 0.604. The number of aryl methyl sites for hydroxylation is 1. The van der Waals surface area contributed by atoms with E-state index < -0.39 is 0 Å². The van der Waals surface area contributed by atoms with Gasteiger partial charge in [0.25, 0.3) is 0 Å². The molecule has 0 bridgehead atoms. The molecule has 0 unspecified atom stereocenters. The number of rotatable bonds is 2. The van der Waals surface area contributed by atoms with E-state index in [4.69, 9.17) is 5.14 Å². The summed E-state index contributed by atoms with van der Waals surface area (Å²) in [5.41, 5.74) is 4.39. The topological polar surface area (TPSA) is 29.3 Å². The predicted octanol–water partition coefficient (Wildman–Crippen LogP) is 3.08. The van der Waals surface area contributed by atoms with Crippen molar-refractivity contribution < 1.29 is 0 Å². The van der Waals surface area contributed by atoms with Gasteiger partial charge in [-0.3, -0.25) is 5.14 Å². The molecule has 2 N–H and O–H groups in total. The Morgan fingerprint density at radius 3 is 2.81 bits per heavy atom. The number of hydrogen-bond donors (Lipinski definition) is 1. The number of nitrogens with two attached hydrogens (primary N) is 1. The average Bonchev–Trinajstić information content (AvgIpc) is 2.49. The normalized spacial score (nSPS) is 17.2. The highest BCUT2D eigenvalue weighted by Crippen LogP contribution is 2.25. The summed E-state index contributed by atoms with van der Waals surface area (Å²) < 4.78 is 2.25. The molecule has 2 nitrogen and oxygen atoms in total. The summed E-state index contributed by atoms with van der Waals surface area (Å²) in [5, 5.41) is 5.67. The molecule has 2 rings (SSSR count). The Kier molecular flexibility index (Phi) is 3.90. The Balaban J connectivity index is 2.29. The van der Waals surface area contributed by atoms with Gasteiger partial charge in [0.1, 0.15) is 0 Å². The van der Waals surface area contributed by atoms with E-state index in [0.29, 0.717) is 5.92 Å². The van der Waals surface area contributed by atoms with Crippen molar-refractivity contribution in [1.29, 1.82) is 0 Å². The molecule has 0 spiro atoms. The zero-order valence-electron chi connectivity index (χ0n) is 10.1. The van der Waals surface area contributed by atoms with E-state index in [9.17, 15) is 0 Å². The Morgan fingerprint density at radius 1 is 1.31 bits per heavy atom. The van der Waals surface area contributed by atoms with E-state index in [1.807, 2.05) is 0 Å². The Morgan fingerprint density at radius 2 is 2.12 bits per heavy atom. The molecule has 1 heterocycles. The van der Waals surface area contributed by atoms with E-state index in [2.05, 4.69) is 36.4 Å². The molecule has 0 saturated carbocycles. The van der Waals surface area contributed by atoms with Gasteiger partial charge in [0.05, 0.1) is 0 Å². The highest BCUT2D eigenvalue weighted by molar-refractivity contribution is 7.94. The SMILES string of the molecule is CC(C)c1ccc2c(c1)CN(SN)CCC2. The maximum atomic E-state index is 5.67. The van der Waals surface area contributed by atoms with E-state index in [1.165, 1.54) is 41.7 Å². The van der Waals surface area contributed by atoms with Gasteiger partial charge < -0.3 is 0 Å². The lowest BCUT2D eigenvalue weighted by atomic mass is 9.96. The van der Waals surface area contributed by atoms with Gasteiger partial charge in [-0.15, -0.1) is 0 Å². The second-order valence-corrected chi connectivity index (χ2v) is 5.48. The lowest BCUT2D eigenvalue weighted by molar-refractivity contribution is 0.471. The first-order valence-corrected chi connectivity index (χ1v) is 6.78. The number of nitrogens with zero attached hydrogens (tertiary/aromatic N) is 1. The van der Waals surface area contributed by atoms with E-state index in [-0.39, 0.29) is 0 Å². The summed E-state index contributed by atoms with van der Waals surface area (Å²) >= 11 is 1.37. The van der Waals surface area contributed by atoms with Crippen molar-refractivity contribution >= 4 is 12.1 Å². The van der Waals surface area contributed by atoms with Gasteiger partial charge >= 0.3 is 0 Å². The molecule has 0 aromatic heterocycles. The molecule has 1 aromatic rings. The van der Waals surface area contributed by atoms with Crippen LogP contribution in [0.3, 0.4) is 0 Å². The van der Waals surface area contributed by atoms with Gasteiger partial charge in [0, 0.05) is 25.2 Å². The fourth-order valence-electron chi connectivity index (χ4n) is 2.20. The van der Waals surface area contributed by atoms with Crippen LogP contribution in [0.1, 0.15) is 42.9 Å². The average molecular weight is 236 g/mol. The first-order valence-electron chi connectivity index (χ1n) is 5.94. The molecule has 1 aromatic carbocycles. The monoisotopic (exact) mass is 236 g/mol. The van der Waals surface area contributed by atoms with E-state index in [1.54, 1.807) is 0 Å². The maximum absolute atomic E-state index is 5.67. The van der Waals surface area contributed by atoms with Crippen LogP contribution in [0.15, 0.2) is 18.2 Å². The largest absolute Gasteiger partial charge is 0.264 e. The molecule has 0 fully saturated rings. The standard InChI is InChI=1S/C13H20N2S/c1-10(2)12-6-5-11-4-3-7-15(16-14)9-13(11)8-12/h5-6,8,10H,3-4,7,9,14H2,1-2H3. The van der Waals surface area contributed by atoms with Crippen LogP contribution in [-0.2, 0) is 13.0 Å². The first kappa shape index (κ1) is 12.0. The van der Waals surface area contributed by atoms with Crippen molar-refractivity contribution in [2.24, 2.45) is 5.14 Å². The zero-order chi connectivity index (χ0) is 11.5. The van der Waals surface area contributed by atoms with Crippen molar-refractivity contribution in [1.82, 2.24) is 4.31 Å². The minimum Gasteiger partial charge on any atom is -0.264 e. The summed E-state index contributed by atoms with van der Waals surface area (Å²) in [5.74, 6) is 0.604. The Labute approximate surface area is 102 Å². The van der Waals surface area contributed by atoms with Crippen LogP contribution in [0.25, 0.3) is 0 Å². The number of benzene rings is 1. The van der Waals surface area contributed by atoms with Crippen LogP contribution < -0.4 is 5.14 Å². The van der Waals surface area contributed by atoms with Crippen LogP contribution >= 0.6 is 12.1 Å². The molecular weight excluding hydrogens is 216 g/mol. The predicted molar refractivity (Wildman–Crippen MR) is 71.0 cm³/mol. The molecule has 1 aliphatic heterocycles. The highest BCUT2D eigenvalue weighted by atomic mass is 32.2. The van der Waals surface area contributed by atoms with Crippen molar-refractivity contribution in [2.45, 2.75) is 39.2 Å². The quantitative estimate of drug-likeness (QED) is 0.800. The summed E-state index contributed by atoms with van der Waals surface area (Å²) in [7, 11) is 0. The smallest absolute Gasteiger partial charge is 0.0355 e. The molecule has 1 aliphatic rings. The highest BCUT2D eigenvalue weighted by Gasteiger charge is 2.14. The lowest BCUT2D eigenvalue weighted by Crippen LogP contribution is -2.17. The van der Waals surface area contributed by atoms with E-state index >= 15 is 0 Å². The van der Waals surface area contributed by atoms with E-state index in [0.717, 1.165) is 13.1 Å². The molecule has 0 saturated heterocycles. The van der Waals surface area contributed by atoms with Gasteiger partial charge in [-0.1, -0.05) is 32.0 Å². The molecule has 0 amide bonds. The maximum Gasteiger partial charge on any atom is 0.0355 e. The van der Waals surface area contributed by atoms with Gasteiger partial charge in [0.15, 0.2) is 0 Å². The van der Waals surface area contributed by atoms with Crippen LogP contribution in [0.5, 0.6) is 0 Å². The minimum absolute atomic E-state index is 0.604. The Hall–Kier alpha value is -0.510. The first-order chi connectivity index (χ1) is 7.70. The summed E-state index contributed by atoms with van der Waals surface area (Å²) in [4.78, 5) is 0. The van der Waals surface area contributed by atoms with Crippen molar-refractivity contribution in [2.75, 3.05) is 6.54 Å². The molecule has 0 atom stereocenters. The third-order valence-corrected chi connectivity index (χ3v) is 3.86. The van der Waals surface area contributed by atoms with Crippen molar-refractivity contribution in [3.8, 4) is 0 Å². The summed E-state index contributed by atoms with van der Waals surface area (Å²) in [6, 6.07) is 6.93. The van der Waals surface area contributed by atoms with Gasteiger partial charge in [0.2, 0.25) is 0 Å². The number of fused-ring (bicyclic) bond motifs is 1. The third-order valence-electron chi connectivity index (χ3n) is 3.25. The van der Waals surface area contributed by atoms with Crippen LogP contribution in [0.4, 0.5) is 0 Å². The molecule has 3 heteroatoms. The van der Waals surface area contributed by atoms with Crippen molar-refractivity contribution in [3.05, 3.63) is 34.9 Å². The second kappa shape index (κ2) is 5.21. The molecule has 16 heavy (non-hydrogen) atoms. The summed E-state index contributed by atoms with van der Waals surface area (Å²) in [6.45, 7) is 6.56. The lowest BCUT2D eigenvalue weighted by Gasteiger charge is -2.16. The van der Waals surface area contributed by atoms with Crippen LogP contribution in [-0.4, -0.2) is 10.8 Å². The third kappa shape index (κ3) is 2.59. The number of hydrogen-bond acceptors (Lipinski definition) is 3. The molecule has 88 valence electrons.